The molecule has 1 fully saturated rings. The highest BCUT2D eigenvalue weighted by atomic mass is 19.3. The molecule has 1 N–H and O–H groups in total. The molecule has 1 unspecified atom stereocenters. The number of alkyl halides is 2. The van der Waals surface area contributed by atoms with Crippen LogP contribution in [0, 0.1) is 5.92 Å². The number of piperidine rings is 1. The number of hydrogen-bond acceptors (Lipinski definition) is 6. The number of aromatic nitrogens is 3. The molecule has 2 aromatic rings. The summed E-state index contributed by atoms with van der Waals surface area (Å²) < 4.78 is 39.3. The standard InChI is InChI=1S/C20H27F2N5O2/c1-28-15-6-5-14(18(8-15)29-2)11-26-7-3-4-13(10-26)16-9-17(19(21)22)27-20(25-16)23-12-24-27/h5-6,8,12-13,16-17,19H,3-4,7,9-11H2,1-2H3,(H,23,24,25)/t13?,16-,17+/m0/s1. The zero-order valence-electron chi connectivity index (χ0n) is 16.7. The van der Waals surface area contributed by atoms with Crippen LogP contribution >= 0.6 is 0 Å². The number of nitrogens with one attached hydrogen (secondary N) is 1. The molecule has 158 valence electrons. The summed E-state index contributed by atoms with van der Waals surface area (Å²) >= 11 is 0. The SMILES string of the molecule is COc1ccc(CN2CCCC([C@@H]3C[C@H](C(F)F)n4ncnc4N3)C2)c(OC)c1. The van der Waals surface area contributed by atoms with Crippen molar-refractivity contribution in [1.29, 1.82) is 0 Å². The van der Waals surface area contributed by atoms with E-state index in [-0.39, 0.29) is 12.0 Å². The fraction of sp³-hybridized carbons (Fsp3) is 0.600. The first-order valence-corrected chi connectivity index (χ1v) is 9.96. The Kier molecular flexibility index (Phi) is 5.84. The van der Waals surface area contributed by atoms with Crippen molar-refractivity contribution in [1.82, 2.24) is 19.7 Å². The smallest absolute Gasteiger partial charge is 0.260 e. The van der Waals surface area contributed by atoms with Crippen LogP contribution in [0.15, 0.2) is 24.5 Å². The average molecular weight is 407 g/mol. The van der Waals surface area contributed by atoms with Gasteiger partial charge in [0.15, 0.2) is 0 Å². The molecule has 1 aromatic carbocycles. The van der Waals surface area contributed by atoms with Gasteiger partial charge in [0.1, 0.15) is 23.9 Å². The maximum atomic E-state index is 13.6. The number of rotatable bonds is 6. The minimum Gasteiger partial charge on any atom is -0.497 e. The van der Waals surface area contributed by atoms with Crippen LogP contribution in [0.1, 0.15) is 30.9 Å². The summed E-state index contributed by atoms with van der Waals surface area (Å²) in [4.78, 5) is 6.50. The topological polar surface area (TPSA) is 64.4 Å². The number of hydrogen-bond donors (Lipinski definition) is 1. The number of likely N-dealkylation sites (tertiary alicyclic amines) is 1. The predicted octanol–water partition coefficient (Wildman–Crippen LogP) is 3.20. The van der Waals surface area contributed by atoms with Crippen molar-refractivity contribution in [2.75, 3.05) is 32.6 Å². The second-order valence-corrected chi connectivity index (χ2v) is 7.73. The molecule has 2 aliphatic heterocycles. The van der Waals surface area contributed by atoms with E-state index in [1.807, 2.05) is 18.2 Å². The van der Waals surface area contributed by atoms with Gasteiger partial charge in [0.05, 0.1) is 14.2 Å². The van der Waals surface area contributed by atoms with E-state index < -0.39 is 12.5 Å². The van der Waals surface area contributed by atoms with Crippen LogP contribution in [-0.4, -0.2) is 59.4 Å². The van der Waals surface area contributed by atoms with Gasteiger partial charge in [-0.05, 0) is 37.8 Å². The molecular weight excluding hydrogens is 380 g/mol. The van der Waals surface area contributed by atoms with E-state index in [0.717, 1.165) is 49.5 Å². The van der Waals surface area contributed by atoms with Crippen molar-refractivity contribution in [2.24, 2.45) is 5.92 Å². The van der Waals surface area contributed by atoms with Crippen molar-refractivity contribution >= 4 is 5.95 Å². The Balaban J connectivity index is 1.45. The highest BCUT2D eigenvalue weighted by Gasteiger charge is 2.38. The van der Waals surface area contributed by atoms with Crippen LogP contribution < -0.4 is 14.8 Å². The number of benzene rings is 1. The van der Waals surface area contributed by atoms with E-state index in [4.69, 9.17) is 9.47 Å². The molecule has 0 spiro atoms. The van der Waals surface area contributed by atoms with Crippen LogP contribution in [0.5, 0.6) is 11.5 Å². The molecule has 0 aliphatic carbocycles. The molecule has 3 atom stereocenters. The zero-order valence-corrected chi connectivity index (χ0v) is 16.7. The van der Waals surface area contributed by atoms with Gasteiger partial charge in [-0.2, -0.15) is 10.1 Å². The summed E-state index contributed by atoms with van der Waals surface area (Å²) in [7, 11) is 3.29. The first kappa shape index (κ1) is 19.9. The normalized spacial score (nSPS) is 24.8. The van der Waals surface area contributed by atoms with Crippen LogP contribution in [0.3, 0.4) is 0 Å². The van der Waals surface area contributed by atoms with Crippen LogP contribution in [-0.2, 0) is 6.54 Å². The number of methoxy groups -OCH3 is 2. The predicted molar refractivity (Wildman–Crippen MR) is 105 cm³/mol. The second kappa shape index (κ2) is 8.52. The lowest BCUT2D eigenvalue weighted by molar-refractivity contribution is 0.0550. The molecule has 9 heteroatoms. The molecule has 1 aromatic heterocycles. The number of halogens is 2. The Labute approximate surface area is 169 Å². The summed E-state index contributed by atoms with van der Waals surface area (Å²) in [6.07, 6.45) is 1.29. The zero-order chi connectivity index (χ0) is 20.4. The summed E-state index contributed by atoms with van der Waals surface area (Å²) in [5, 5.41) is 7.31. The summed E-state index contributed by atoms with van der Waals surface area (Å²) in [6.45, 7) is 2.58. The number of nitrogens with zero attached hydrogens (tertiary/aromatic N) is 4. The summed E-state index contributed by atoms with van der Waals surface area (Å²) in [5.74, 6) is 2.28. The number of ether oxygens (including phenoxy) is 2. The van der Waals surface area contributed by atoms with E-state index >= 15 is 0 Å². The maximum Gasteiger partial charge on any atom is 0.260 e. The molecule has 3 heterocycles. The quantitative estimate of drug-likeness (QED) is 0.794. The Bertz CT molecular complexity index is 831. The molecular formula is C20H27F2N5O2. The molecule has 7 nitrogen and oxygen atoms in total. The van der Waals surface area contributed by atoms with Crippen molar-refractivity contribution in [3.05, 3.63) is 30.1 Å². The van der Waals surface area contributed by atoms with Gasteiger partial charge in [0.25, 0.3) is 6.43 Å². The third-order valence-corrected chi connectivity index (χ3v) is 5.99. The fourth-order valence-corrected chi connectivity index (χ4v) is 4.49. The van der Waals surface area contributed by atoms with Gasteiger partial charge in [-0.15, -0.1) is 0 Å². The Morgan fingerprint density at radius 3 is 2.90 bits per heavy atom. The van der Waals surface area contributed by atoms with Gasteiger partial charge in [0.2, 0.25) is 5.95 Å². The Hall–Kier alpha value is -2.42. The van der Waals surface area contributed by atoms with Crippen molar-refractivity contribution in [2.45, 2.75) is 44.3 Å². The first-order chi connectivity index (χ1) is 14.1. The van der Waals surface area contributed by atoms with Crippen LogP contribution in [0.4, 0.5) is 14.7 Å². The fourth-order valence-electron chi connectivity index (χ4n) is 4.49. The minimum absolute atomic E-state index is 0.0359. The van der Waals surface area contributed by atoms with Crippen LogP contribution in [0.2, 0.25) is 0 Å². The number of anilines is 1. The minimum atomic E-state index is -2.46. The van der Waals surface area contributed by atoms with Gasteiger partial charge in [-0.3, -0.25) is 4.90 Å². The molecule has 0 saturated carbocycles. The number of fused-ring (bicyclic) bond motifs is 1. The molecule has 1 saturated heterocycles. The van der Waals surface area contributed by atoms with Crippen LogP contribution in [0.25, 0.3) is 0 Å². The van der Waals surface area contributed by atoms with Gasteiger partial charge < -0.3 is 14.8 Å². The lowest BCUT2D eigenvalue weighted by atomic mass is 9.86. The van der Waals surface area contributed by atoms with Gasteiger partial charge >= 0.3 is 0 Å². The summed E-state index contributed by atoms with van der Waals surface area (Å²) in [6, 6.07) is 4.89. The third-order valence-electron chi connectivity index (χ3n) is 5.99. The van der Waals surface area contributed by atoms with E-state index in [1.165, 1.54) is 11.0 Å². The molecule has 0 bridgehead atoms. The van der Waals surface area contributed by atoms with E-state index in [1.54, 1.807) is 14.2 Å². The lowest BCUT2D eigenvalue weighted by Gasteiger charge is -2.40. The Morgan fingerprint density at radius 1 is 1.28 bits per heavy atom. The van der Waals surface area contributed by atoms with Gasteiger partial charge in [-0.25, -0.2) is 13.5 Å². The molecule has 29 heavy (non-hydrogen) atoms. The average Bonchev–Trinajstić information content (AvgIpc) is 3.22. The van der Waals surface area contributed by atoms with E-state index in [0.29, 0.717) is 12.4 Å². The van der Waals surface area contributed by atoms with Gasteiger partial charge in [-0.1, -0.05) is 6.07 Å². The molecule has 4 rings (SSSR count). The molecule has 2 aliphatic rings. The highest BCUT2D eigenvalue weighted by Crippen LogP contribution is 2.35. The maximum absolute atomic E-state index is 13.6. The first-order valence-electron chi connectivity index (χ1n) is 9.96. The van der Waals surface area contributed by atoms with Crippen molar-refractivity contribution in [3.8, 4) is 11.5 Å². The molecule has 0 radical (unpaired) electrons. The third kappa shape index (κ3) is 4.14. The van der Waals surface area contributed by atoms with E-state index in [9.17, 15) is 8.78 Å². The molecule has 0 amide bonds. The van der Waals surface area contributed by atoms with Gasteiger partial charge in [0, 0.05) is 30.8 Å². The van der Waals surface area contributed by atoms with E-state index in [2.05, 4.69) is 20.3 Å². The monoisotopic (exact) mass is 407 g/mol. The van der Waals surface area contributed by atoms with Crippen molar-refractivity contribution < 1.29 is 18.3 Å². The summed E-state index contributed by atoms with van der Waals surface area (Å²) in [5.41, 5.74) is 1.09. The van der Waals surface area contributed by atoms with Crippen molar-refractivity contribution in [3.63, 3.8) is 0 Å². The Morgan fingerprint density at radius 2 is 2.14 bits per heavy atom. The highest BCUT2D eigenvalue weighted by molar-refractivity contribution is 5.40. The largest absolute Gasteiger partial charge is 0.497 e. The lowest BCUT2D eigenvalue weighted by Crippen LogP contribution is -2.46. The second-order valence-electron chi connectivity index (χ2n) is 7.73.